The normalized spacial score (nSPS) is 11.4. The highest BCUT2D eigenvalue weighted by Gasteiger charge is 1.98. The zero-order valence-corrected chi connectivity index (χ0v) is 8.67. The lowest BCUT2D eigenvalue weighted by Gasteiger charge is -2.00. The van der Waals surface area contributed by atoms with Gasteiger partial charge in [0, 0.05) is 6.54 Å². The molecule has 12 heavy (non-hydrogen) atoms. The zero-order valence-electron chi connectivity index (χ0n) is 7.04. The predicted octanol–water partition coefficient (Wildman–Crippen LogP) is -0.00800. The molecule has 0 saturated heterocycles. The van der Waals surface area contributed by atoms with Crippen LogP contribution in [0.25, 0.3) is 0 Å². The molecule has 0 bridgehead atoms. The Hall–Kier alpha value is -0.200. The standard InChI is InChI=1S/C6H14N2O2S2/c1-12(9,10)8-5-3-2-4-6(7)11/h8H,2-5H2,1H3,(H2,7,11). The Labute approximate surface area is 78.6 Å². The molecule has 0 aromatic carbocycles. The van der Waals surface area contributed by atoms with Gasteiger partial charge in [0.15, 0.2) is 0 Å². The first kappa shape index (κ1) is 11.8. The summed E-state index contributed by atoms with van der Waals surface area (Å²) in [6.07, 6.45) is 3.42. The Morgan fingerprint density at radius 3 is 2.50 bits per heavy atom. The second kappa shape index (κ2) is 5.45. The molecule has 72 valence electrons. The molecule has 0 atom stereocenters. The van der Waals surface area contributed by atoms with Crippen LogP contribution in [0.1, 0.15) is 19.3 Å². The first-order valence-corrected chi connectivity index (χ1v) is 5.95. The lowest BCUT2D eigenvalue weighted by atomic mass is 10.2. The van der Waals surface area contributed by atoms with Gasteiger partial charge in [-0.1, -0.05) is 12.2 Å². The molecule has 0 aliphatic heterocycles. The summed E-state index contributed by atoms with van der Waals surface area (Å²) in [6, 6.07) is 0. The summed E-state index contributed by atoms with van der Waals surface area (Å²) >= 11 is 4.66. The molecule has 0 aliphatic rings. The second-order valence-electron chi connectivity index (χ2n) is 2.59. The zero-order chi connectivity index (χ0) is 9.61. The molecular weight excluding hydrogens is 196 g/mol. The molecule has 0 fully saturated rings. The van der Waals surface area contributed by atoms with Gasteiger partial charge in [0.25, 0.3) is 0 Å². The van der Waals surface area contributed by atoms with E-state index in [1.54, 1.807) is 0 Å². The van der Waals surface area contributed by atoms with E-state index in [4.69, 9.17) is 5.73 Å². The summed E-state index contributed by atoms with van der Waals surface area (Å²) in [5.41, 5.74) is 5.25. The fourth-order valence-corrected chi connectivity index (χ4v) is 1.34. The smallest absolute Gasteiger partial charge is 0.208 e. The van der Waals surface area contributed by atoms with Crippen LogP contribution in [0.2, 0.25) is 0 Å². The van der Waals surface area contributed by atoms with Gasteiger partial charge in [-0.3, -0.25) is 0 Å². The van der Waals surface area contributed by atoms with Crippen LogP contribution in [0.5, 0.6) is 0 Å². The predicted molar refractivity (Wildman–Crippen MR) is 53.5 cm³/mol. The van der Waals surface area contributed by atoms with Crippen molar-refractivity contribution in [1.82, 2.24) is 4.72 Å². The average Bonchev–Trinajstić information content (AvgIpc) is 1.83. The molecule has 0 heterocycles. The largest absolute Gasteiger partial charge is 0.393 e. The number of rotatable bonds is 6. The molecule has 0 saturated carbocycles. The number of unbranched alkanes of at least 4 members (excludes halogenated alkanes) is 1. The Balaban J connectivity index is 3.29. The highest BCUT2D eigenvalue weighted by atomic mass is 32.2. The Bertz CT molecular complexity index is 236. The van der Waals surface area contributed by atoms with E-state index in [0.29, 0.717) is 18.0 Å². The minimum absolute atomic E-state index is 0.460. The number of nitrogens with one attached hydrogen (secondary N) is 1. The van der Waals surface area contributed by atoms with Crippen molar-refractivity contribution in [3.05, 3.63) is 0 Å². The number of thiocarbonyl (C=S) groups is 1. The maximum Gasteiger partial charge on any atom is 0.208 e. The third-order valence-corrected chi connectivity index (χ3v) is 2.15. The minimum atomic E-state index is -3.04. The van der Waals surface area contributed by atoms with Gasteiger partial charge in [-0.05, 0) is 19.3 Å². The van der Waals surface area contributed by atoms with Crippen molar-refractivity contribution in [1.29, 1.82) is 0 Å². The van der Waals surface area contributed by atoms with Crippen LogP contribution >= 0.6 is 12.2 Å². The highest BCUT2D eigenvalue weighted by Crippen LogP contribution is 1.93. The molecule has 3 N–H and O–H groups in total. The highest BCUT2D eigenvalue weighted by molar-refractivity contribution is 7.88. The molecule has 0 unspecified atom stereocenters. The van der Waals surface area contributed by atoms with Gasteiger partial charge in [0.2, 0.25) is 10.0 Å². The van der Waals surface area contributed by atoms with Crippen molar-refractivity contribution in [2.75, 3.05) is 12.8 Å². The van der Waals surface area contributed by atoms with E-state index in [1.807, 2.05) is 0 Å². The van der Waals surface area contributed by atoms with Crippen LogP contribution in [0, 0.1) is 0 Å². The Kier molecular flexibility index (Phi) is 5.36. The van der Waals surface area contributed by atoms with Crippen molar-refractivity contribution in [2.24, 2.45) is 5.73 Å². The first-order valence-electron chi connectivity index (χ1n) is 3.65. The van der Waals surface area contributed by atoms with Gasteiger partial charge in [-0.2, -0.15) is 0 Å². The molecule has 0 aromatic rings. The number of hydrogen-bond acceptors (Lipinski definition) is 3. The van der Waals surface area contributed by atoms with Gasteiger partial charge in [-0.25, -0.2) is 13.1 Å². The molecular formula is C6H14N2O2S2. The van der Waals surface area contributed by atoms with E-state index in [9.17, 15) is 8.42 Å². The van der Waals surface area contributed by atoms with Crippen molar-refractivity contribution in [2.45, 2.75) is 19.3 Å². The Morgan fingerprint density at radius 1 is 1.50 bits per heavy atom. The fourth-order valence-electron chi connectivity index (χ4n) is 0.682. The lowest BCUT2D eigenvalue weighted by Crippen LogP contribution is -2.23. The quantitative estimate of drug-likeness (QED) is 0.478. The van der Waals surface area contributed by atoms with E-state index in [2.05, 4.69) is 16.9 Å². The summed E-state index contributed by atoms with van der Waals surface area (Å²) in [7, 11) is -3.04. The lowest BCUT2D eigenvalue weighted by molar-refractivity contribution is 0.583. The van der Waals surface area contributed by atoms with Crippen LogP contribution in [0.15, 0.2) is 0 Å². The van der Waals surface area contributed by atoms with Crippen molar-refractivity contribution < 1.29 is 8.42 Å². The monoisotopic (exact) mass is 210 g/mol. The maximum atomic E-state index is 10.6. The van der Waals surface area contributed by atoms with E-state index < -0.39 is 10.0 Å². The minimum Gasteiger partial charge on any atom is -0.393 e. The molecule has 0 rings (SSSR count). The topological polar surface area (TPSA) is 72.2 Å². The molecule has 0 radical (unpaired) electrons. The van der Waals surface area contributed by atoms with Gasteiger partial charge in [0.05, 0.1) is 11.2 Å². The summed E-state index contributed by atoms with van der Waals surface area (Å²) < 4.78 is 23.5. The molecule has 6 heteroatoms. The molecule has 0 aromatic heterocycles. The summed E-state index contributed by atoms with van der Waals surface area (Å²) in [5, 5.41) is 0. The number of nitrogens with two attached hydrogens (primary N) is 1. The van der Waals surface area contributed by atoms with E-state index in [1.165, 1.54) is 0 Å². The van der Waals surface area contributed by atoms with Crippen LogP contribution in [0.4, 0.5) is 0 Å². The second-order valence-corrected chi connectivity index (χ2v) is 4.95. The van der Waals surface area contributed by atoms with Gasteiger partial charge < -0.3 is 5.73 Å². The third kappa shape index (κ3) is 9.80. The fraction of sp³-hybridized carbons (Fsp3) is 0.833. The van der Waals surface area contributed by atoms with Crippen LogP contribution in [-0.2, 0) is 10.0 Å². The van der Waals surface area contributed by atoms with E-state index in [-0.39, 0.29) is 0 Å². The number of sulfonamides is 1. The van der Waals surface area contributed by atoms with E-state index in [0.717, 1.165) is 19.1 Å². The van der Waals surface area contributed by atoms with Crippen LogP contribution in [0.3, 0.4) is 0 Å². The molecule has 0 amide bonds. The summed E-state index contributed by atoms with van der Waals surface area (Å²) in [4.78, 5) is 0.481. The maximum absolute atomic E-state index is 10.6. The van der Waals surface area contributed by atoms with Gasteiger partial charge in [-0.15, -0.1) is 0 Å². The van der Waals surface area contributed by atoms with Crippen LogP contribution < -0.4 is 10.5 Å². The third-order valence-electron chi connectivity index (χ3n) is 1.21. The van der Waals surface area contributed by atoms with Gasteiger partial charge in [0.1, 0.15) is 0 Å². The molecule has 4 nitrogen and oxygen atoms in total. The number of hydrogen-bond donors (Lipinski definition) is 2. The van der Waals surface area contributed by atoms with Gasteiger partial charge >= 0.3 is 0 Å². The summed E-state index contributed by atoms with van der Waals surface area (Å²) in [6.45, 7) is 0.460. The van der Waals surface area contributed by atoms with Crippen LogP contribution in [-0.4, -0.2) is 26.2 Å². The van der Waals surface area contributed by atoms with E-state index >= 15 is 0 Å². The molecule has 0 spiro atoms. The van der Waals surface area contributed by atoms with Crippen molar-refractivity contribution in [3.8, 4) is 0 Å². The SMILES string of the molecule is CS(=O)(=O)NCCCCC(N)=S. The van der Waals surface area contributed by atoms with Crippen molar-refractivity contribution >= 4 is 27.2 Å². The first-order chi connectivity index (χ1) is 5.42. The molecule has 0 aliphatic carbocycles. The average molecular weight is 210 g/mol. The Morgan fingerprint density at radius 2 is 2.08 bits per heavy atom. The summed E-state index contributed by atoms with van der Waals surface area (Å²) in [5.74, 6) is 0. The van der Waals surface area contributed by atoms with Crippen molar-refractivity contribution in [3.63, 3.8) is 0 Å².